The third-order valence-electron chi connectivity index (χ3n) is 3.94. The van der Waals surface area contributed by atoms with Crippen LogP contribution >= 0.6 is 0 Å². The standard InChI is InChI=1S/C19H28FN5O2/c1-5-14(26-16-9-7-6-8-15(16)20)12-23-19(21-4)22-11-10-17-24-18(13(2)3)25-27-17/h6-9,13-14H,5,10-12H2,1-4H3,(H2,21,22,23). The largest absolute Gasteiger partial charge is 0.486 e. The fraction of sp³-hybridized carbons (Fsp3) is 0.526. The van der Waals surface area contributed by atoms with Crippen LogP contribution in [0.25, 0.3) is 0 Å². The third kappa shape index (κ3) is 6.54. The Morgan fingerprint density at radius 3 is 2.70 bits per heavy atom. The van der Waals surface area contributed by atoms with Gasteiger partial charge in [0.15, 0.2) is 23.4 Å². The smallest absolute Gasteiger partial charge is 0.228 e. The van der Waals surface area contributed by atoms with E-state index in [4.69, 9.17) is 9.26 Å². The van der Waals surface area contributed by atoms with Gasteiger partial charge in [0.1, 0.15) is 6.10 Å². The summed E-state index contributed by atoms with van der Waals surface area (Å²) in [5.74, 6) is 2.07. The van der Waals surface area contributed by atoms with E-state index < -0.39 is 0 Å². The highest BCUT2D eigenvalue weighted by atomic mass is 19.1. The van der Waals surface area contributed by atoms with Crippen LogP contribution in [-0.2, 0) is 6.42 Å². The predicted molar refractivity (Wildman–Crippen MR) is 103 cm³/mol. The molecule has 0 aliphatic rings. The molecule has 0 amide bonds. The van der Waals surface area contributed by atoms with Gasteiger partial charge in [-0.1, -0.05) is 38.1 Å². The Hall–Kier alpha value is -2.64. The molecular formula is C19H28FN5O2. The molecule has 0 bridgehead atoms. The van der Waals surface area contributed by atoms with E-state index in [2.05, 4.69) is 25.8 Å². The van der Waals surface area contributed by atoms with Crippen molar-refractivity contribution in [3.05, 3.63) is 41.8 Å². The number of nitrogens with zero attached hydrogens (tertiary/aromatic N) is 3. The summed E-state index contributed by atoms with van der Waals surface area (Å²) in [6.07, 6.45) is 1.16. The van der Waals surface area contributed by atoms with Gasteiger partial charge in [0.05, 0.1) is 6.54 Å². The molecule has 1 unspecified atom stereocenters. The van der Waals surface area contributed by atoms with Gasteiger partial charge in [-0.25, -0.2) is 4.39 Å². The molecule has 8 heteroatoms. The molecule has 148 valence electrons. The molecule has 7 nitrogen and oxygen atoms in total. The monoisotopic (exact) mass is 377 g/mol. The molecular weight excluding hydrogens is 349 g/mol. The first-order valence-electron chi connectivity index (χ1n) is 9.21. The van der Waals surface area contributed by atoms with Crippen molar-refractivity contribution in [1.82, 2.24) is 20.8 Å². The zero-order chi connectivity index (χ0) is 19.6. The van der Waals surface area contributed by atoms with E-state index in [1.165, 1.54) is 6.07 Å². The summed E-state index contributed by atoms with van der Waals surface area (Å²) in [4.78, 5) is 8.52. The van der Waals surface area contributed by atoms with E-state index in [0.717, 1.165) is 6.42 Å². The zero-order valence-electron chi connectivity index (χ0n) is 16.3. The quantitative estimate of drug-likeness (QED) is 0.516. The number of aliphatic imine (C=N–C) groups is 1. The van der Waals surface area contributed by atoms with Gasteiger partial charge in [-0.05, 0) is 18.6 Å². The van der Waals surface area contributed by atoms with Gasteiger partial charge in [-0.3, -0.25) is 4.99 Å². The van der Waals surface area contributed by atoms with Crippen molar-refractivity contribution < 1.29 is 13.7 Å². The number of aromatic nitrogens is 2. The van der Waals surface area contributed by atoms with E-state index >= 15 is 0 Å². The highest BCUT2D eigenvalue weighted by Crippen LogP contribution is 2.17. The van der Waals surface area contributed by atoms with E-state index in [1.54, 1.807) is 25.2 Å². The highest BCUT2D eigenvalue weighted by Gasteiger charge is 2.13. The van der Waals surface area contributed by atoms with Gasteiger partial charge in [0, 0.05) is 25.9 Å². The number of hydrogen-bond acceptors (Lipinski definition) is 5. The molecule has 0 saturated heterocycles. The summed E-state index contributed by atoms with van der Waals surface area (Å²) in [5, 5.41) is 10.3. The Balaban J connectivity index is 1.77. The van der Waals surface area contributed by atoms with Crippen LogP contribution in [0.15, 0.2) is 33.8 Å². The predicted octanol–water partition coefficient (Wildman–Crippen LogP) is 2.90. The van der Waals surface area contributed by atoms with E-state index in [-0.39, 0.29) is 23.6 Å². The van der Waals surface area contributed by atoms with Crippen molar-refractivity contribution in [2.45, 2.75) is 45.6 Å². The number of halogens is 1. The maximum atomic E-state index is 13.7. The maximum Gasteiger partial charge on any atom is 0.228 e. The van der Waals surface area contributed by atoms with Gasteiger partial charge in [-0.15, -0.1) is 0 Å². The van der Waals surface area contributed by atoms with Crippen LogP contribution in [0.3, 0.4) is 0 Å². The summed E-state index contributed by atoms with van der Waals surface area (Å²) in [6.45, 7) is 7.14. The van der Waals surface area contributed by atoms with Crippen molar-refractivity contribution in [3.8, 4) is 5.75 Å². The molecule has 2 N–H and O–H groups in total. The third-order valence-corrected chi connectivity index (χ3v) is 3.94. The number of ether oxygens (including phenoxy) is 1. The van der Waals surface area contributed by atoms with Crippen LogP contribution in [0.4, 0.5) is 4.39 Å². The van der Waals surface area contributed by atoms with Crippen molar-refractivity contribution in [2.24, 2.45) is 4.99 Å². The number of guanidine groups is 1. The second kappa shape index (κ2) is 10.5. The first kappa shape index (κ1) is 20.7. The summed E-state index contributed by atoms with van der Waals surface area (Å²) in [7, 11) is 1.69. The lowest BCUT2D eigenvalue weighted by atomic mass is 10.2. The molecule has 2 aromatic rings. The second-order valence-electron chi connectivity index (χ2n) is 6.41. The van der Waals surface area contributed by atoms with E-state index in [9.17, 15) is 4.39 Å². The molecule has 1 heterocycles. The fourth-order valence-electron chi connectivity index (χ4n) is 2.31. The Labute approximate surface area is 159 Å². The van der Waals surface area contributed by atoms with Crippen LogP contribution in [0.5, 0.6) is 5.75 Å². The van der Waals surface area contributed by atoms with Crippen LogP contribution in [0, 0.1) is 5.82 Å². The van der Waals surface area contributed by atoms with E-state index in [1.807, 2.05) is 20.8 Å². The topological polar surface area (TPSA) is 84.6 Å². The maximum absolute atomic E-state index is 13.7. The Kier molecular flexibility index (Phi) is 8.03. The summed E-state index contributed by atoms with van der Waals surface area (Å²) >= 11 is 0. The molecule has 2 rings (SSSR count). The van der Waals surface area contributed by atoms with Gasteiger partial charge in [0.25, 0.3) is 0 Å². The van der Waals surface area contributed by atoms with Gasteiger partial charge < -0.3 is 19.9 Å². The molecule has 1 aromatic carbocycles. The normalized spacial score (nSPS) is 12.9. The Morgan fingerprint density at radius 2 is 2.07 bits per heavy atom. The van der Waals surface area contributed by atoms with Gasteiger partial charge in [0.2, 0.25) is 5.89 Å². The number of para-hydroxylation sites is 1. The zero-order valence-corrected chi connectivity index (χ0v) is 16.3. The highest BCUT2D eigenvalue weighted by molar-refractivity contribution is 5.79. The van der Waals surface area contributed by atoms with Crippen molar-refractivity contribution in [2.75, 3.05) is 20.1 Å². The van der Waals surface area contributed by atoms with Gasteiger partial charge in [-0.2, -0.15) is 4.98 Å². The minimum atomic E-state index is -0.362. The molecule has 1 atom stereocenters. The molecule has 0 aliphatic heterocycles. The Bertz CT molecular complexity index is 732. The molecule has 1 aromatic heterocycles. The van der Waals surface area contributed by atoms with Crippen molar-refractivity contribution in [1.29, 1.82) is 0 Å². The molecule has 27 heavy (non-hydrogen) atoms. The first-order valence-corrected chi connectivity index (χ1v) is 9.21. The fourth-order valence-corrected chi connectivity index (χ4v) is 2.31. The van der Waals surface area contributed by atoms with Gasteiger partial charge >= 0.3 is 0 Å². The lowest BCUT2D eigenvalue weighted by Crippen LogP contribution is -2.43. The Morgan fingerprint density at radius 1 is 1.30 bits per heavy atom. The lowest BCUT2D eigenvalue weighted by molar-refractivity contribution is 0.191. The van der Waals surface area contributed by atoms with Crippen LogP contribution in [-0.4, -0.2) is 42.3 Å². The summed E-state index contributed by atoms with van der Waals surface area (Å²) in [5.41, 5.74) is 0. The molecule has 0 fully saturated rings. The number of rotatable bonds is 9. The molecule has 0 radical (unpaired) electrons. The van der Waals surface area contributed by atoms with Crippen molar-refractivity contribution in [3.63, 3.8) is 0 Å². The molecule has 0 spiro atoms. The SMILES string of the molecule is CCC(CNC(=NC)NCCc1nc(C(C)C)no1)Oc1ccccc1F. The number of nitrogens with one attached hydrogen (secondary N) is 2. The summed E-state index contributed by atoms with van der Waals surface area (Å²) in [6, 6.07) is 6.40. The van der Waals surface area contributed by atoms with Crippen LogP contribution < -0.4 is 15.4 Å². The van der Waals surface area contributed by atoms with E-state index in [0.29, 0.717) is 37.2 Å². The minimum absolute atomic E-state index is 0.176. The minimum Gasteiger partial charge on any atom is -0.486 e. The lowest BCUT2D eigenvalue weighted by Gasteiger charge is -2.20. The molecule has 0 aliphatic carbocycles. The number of hydrogen-bond donors (Lipinski definition) is 2. The average Bonchev–Trinajstić information content (AvgIpc) is 3.14. The van der Waals surface area contributed by atoms with Crippen molar-refractivity contribution >= 4 is 5.96 Å². The first-order chi connectivity index (χ1) is 13.0. The van der Waals surface area contributed by atoms with Crippen LogP contribution in [0.1, 0.15) is 44.8 Å². The van der Waals surface area contributed by atoms with Crippen LogP contribution in [0.2, 0.25) is 0 Å². The second-order valence-corrected chi connectivity index (χ2v) is 6.41. The summed E-state index contributed by atoms with van der Waals surface area (Å²) < 4.78 is 24.7. The average molecular weight is 377 g/mol. The number of benzene rings is 1. The molecule has 0 saturated carbocycles.